The summed E-state index contributed by atoms with van der Waals surface area (Å²) in [4.78, 5) is 4.36. The predicted molar refractivity (Wildman–Crippen MR) is 66.0 cm³/mol. The van der Waals surface area contributed by atoms with E-state index in [4.69, 9.17) is 0 Å². The van der Waals surface area contributed by atoms with Crippen molar-refractivity contribution >= 4 is 0 Å². The monoisotopic (exact) mass is 203 g/mol. The van der Waals surface area contributed by atoms with Crippen LogP contribution < -0.4 is 0 Å². The molecule has 0 atom stereocenters. The first-order valence-corrected chi connectivity index (χ1v) is 5.63. The van der Waals surface area contributed by atoms with E-state index in [1.54, 1.807) is 0 Å². The summed E-state index contributed by atoms with van der Waals surface area (Å²) in [7, 11) is 0. The van der Waals surface area contributed by atoms with Gasteiger partial charge in [0.05, 0.1) is 0 Å². The summed E-state index contributed by atoms with van der Waals surface area (Å²) in [5, 5.41) is 0. The maximum atomic E-state index is 4.36. The summed E-state index contributed by atoms with van der Waals surface area (Å²) in [6.45, 7) is 12.8. The summed E-state index contributed by atoms with van der Waals surface area (Å²) < 4.78 is 0. The molecule has 0 unspecified atom stereocenters. The predicted octanol–water partition coefficient (Wildman–Crippen LogP) is 3.96. The number of pyridine rings is 1. The second kappa shape index (κ2) is 5.11. The first-order chi connectivity index (χ1) is 7.00. The summed E-state index contributed by atoms with van der Waals surface area (Å²) in [5.74, 6) is 1.05. The molecule has 0 aliphatic carbocycles. The zero-order valence-corrected chi connectivity index (χ0v) is 10.2. The van der Waals surface area contributed by atoms with E-state index in [2.05, 4.69) is 51.4 Å². The number of rotatable bonds is 4. The molecule has 1 heteroatoms. The minimum absolute atomic E-state index is 0.497. The molecule has 1 aromatic rings. The summed E-state index contributed by atoms with van der Waals surface area (Å²) >= 11 is 0. The van der Waals surface area contributed by atoms with Crippen LogP contribution in [0.4, 0.5) is 0 Å². The van der Waals surface area contributed by atoms with E-state index in [0.717, 1.165) is 6.42 Å². The first kappa shape index (κ1) is 12.0. The van der Waals surface area contributed by atoms with Gasteiger partial charge in [0.25, 0.3) is 0 Å². The molecule has 1 aromatic heterocycles. The van der Waals surface area contributed by atoms with Crippen molar-refractivity contribution in [2.75, 3.05) is 0 Å². The summed E-state index contributed by atoms with van der Waals surface area (Å²) in [5.41, 5.74) is 3.78. The van der Waals surface area contributed by atoms with Crippen molar-refractivity contribution in [2.45, 2.75) is 40.0 Å². The average molecular weight is 203 g/mol. The smallest absolute Gasteiger partial charge is 0.0431 e. The van der Waals surface area contributed by atoms with E-state index in [0.29, 0.717) is 11.8 Å². The summed E-state index contributed by atoms with van der Waals surface area (Å²) in [6, 6.07) is 4.28. The molecular weight excluding hydrogens is 182 g/mol. The van der Waals surface area contributed by atoms with Crippen molar-refractivity contribution in [3.05, 3.63) is 41.7 Å². The Morgan fingerprint density at radius 2 is 2.00 bits per heavy atom. The first-order valence-electron chi connectivity index (χ1n) is 5.63. The van der Waals surface area contributed by atoms with Gasteiger partial charge in [-0.3, -0.25) is 4.98 Å². The van der Waals surface area contributed by atoms with Crippen LogP contribution >= 0.6 is 0 Å². The number of allylic oxidation sites excluding steroid dienone is 1. The third-order valence-electron chi connectivity index (χ3n) is 2.68. The molecule has 0 N–H and O–H groups in total. The van der Waals surface area contributed by atoms with Crippen molar-refractivity contribution in [1.29, 1.82) is 0 Å². The molecule has 0 saturated carbocycles. The van der Waals surface area contributed by atoms with E-state index in [1.807, 2.05) is 6.20 Å². The second-order valence-electron chi connectivity index (χ2n) is 4.73. The molecule has 0 saturated heterocycles. The van der Waals surface area contributed by atoms with Gasteiger partial charge in [-0.25, -0.2) is 0 Å². The standard InChI is InChI=1S/C14H21N/c1-10(2)12(5)8-13-6-7-15-14(9-13)11(3)4/h6-7,9-11H,5,8H2,1-4H3. The third kappa shape index (κ3) is 3.50. The SMILES string of the molecule is C=C(Cc1ccnc(C(C)C)c1)C(C)C. The van der Waals surface area contributed by atoms with Gasteiger partial charge < -0.3 is 0 Å². The molecule has 1 heterocycles. The zero-order chi connectivity index (χ0) is 11.4. The lowest BCUT2D eigenvalue weighted by molar-refractivity contribution is 0.742. The quantitative estimate of drug-likeness (QED) is 0.675. The second-order valence-corrected chi connectivity index (χ2v) is 4.73. The number of hydrogen-bond acceptors (Lipinski definition) is 1. The highest BCUT2D eigenvalue weighted by molar-refractivity contribution is 5.23. The van der Waals surface area contributed by atoms with E-state index in [9.17, 15) is 0 Å². The maximum Gasteiger partial charge on any atom is 0.0431 e. The van der Waals surface area contributed by atoms with E-state index >= 15 is 0 Å². The molecule has 0 aromatic carbocycles. The molecule has 1 rings (SSSR count). The third-order valence-corrected chi connectivity index (χ3v) is 2.68. The molecule has 0 fully saturated rings. The van der Waals surface area contributed by atoms with Crippen molar-refractivity contribution < 1.29 is 0 Å². The number of nitrogens with zero attached hydrogens (tertiary/aromatic N) is 1. The van der Waals surface area contributed by atoms with Crippen LogP contribution in [0.3, 0.4) is 0 Å². The number of hydrogen-bond donors (Lipinski definition) is 0. The van der Waals surface area contributed by atoms with Crippen molar-refractivity contribution in [3.63, 3.8) is 0 Å². The van der Waals surface area contributed by atoms with Gasteiger partial charge in [-0.2, -0.15) is 0 Å². The Labute approximate surface area is 93.2 Å². The van der Waals surface area contributed by atoms with Gasteiger partial charge in [-0.1, -0.05) is 39.8 Å². The van der Waals surface area contributed by atoms with Crippen molar-refractivity contribution in [3.8, 4) is 0 Å². The Kier molecular flexibility index (Phi) is 4.07. The fourth-order valence-corrected chi connectivity index (χ4v) is 1.39. The van der Waals surface area contributed by atoms with Gasteiger partial charge in [0.15, 0.2) is 0 Å². The fraction of sp³-hybridized carbons (Fsp3) is 0.500. The highest BCUT2D eigenvalue weighted by Crippen LogP contribution is 2.17. The summed E-state index contributed by atoms with van der Waals surface area (Å²) in [6.07, 6.45) is 2.87. The van der Waals surface area contributed by atoms with E-state index in [1.165, 1.54) is 16.8 Å². The van der Waals surface area contributed by atoms with Crippen molar-refractivity contribution in [2.24, 2.45) is 5.92 Å². The van der Waals surface area contributed by atoms with Crippen LogP contribution in [0.5, 0.6) is 0 Å². The number of aromatic nitrogens is 1. The van der Waals surface area contributed by atoms with Crippen LogP contribution in [-0.4, -0.2) is 4.98 Å². The molecule has 0 bridgehead atoms. The van der Waals surface area contributed by atoms with E-state index < -0.39 is 0 Å². The Bertz CT molecular complexity index is 337. The Morgan fingerprint density at radius 3 is 2.53 bits per heavy atom. The molecule has 0 aliphatic heterocycles. The molecule has 82 valence electrons. The normalized spacial score (nSPS) is 11.1. The largest absolute Gasteiger partial charge is 0.261 e. The minimum Gasteiger partial charge on any atom is -0.261 e. The molecule has 0 amide bonds. The van der Waals surface area contributed by atoms with Gasteiger partial charge in [-0.05, 0) is 36.0 Å². The molecule has 0 aliphatic rings. The lowest BCUT2D eigenvalue weighted by Gasteiger charge is -2.11. The molecule has 1 nitrogen and oxygen atoms in total. The fourth-order valence-electron chi connectivity index (χ4n) is 1.39. The molecule has 0 radical (unpaired) electrons. The van der Waals surface area contributed by atoms with Crippen LogP contribution in [0, 0.1) is 5.92 Å². The zero-order valence-electron chi connectivity index (χ0n) is 10.2. The molecule has 0 spiro atoms. The molecular formula is C14H21N. The highest BCUT2D eigenvalue weighted by Gasteiger charge is 2.05. The van der Waals surface area contributed by atoms with Crippen LogP contribution in [0.1, 0.15) is 44.9 Å². The van der Waals surface area contributed by atoms with Gasteiger partial charge in [0.2, 0.25) is 0 Å². The van der Waals surface area contributed by atoms with Gasteiger partial charge in [0, 0.05) is 11.9 Å². The van der Waals surface area contributed by atoms with Crippen LogP contribution in [-0.2, 0) is 6.42 Å². The highest BCUT2D eigenvalue weighted by atomic mass is 14.7. The van der Waals surface area contributed by atoms with Crippen LogP contribution in [0.2, 0.25) is 0 Å². The Morgan fingerprint density at radius 1 is 1.33 bits per heavy atom. The average Bonchev–Trinajstić information content (AvgIpc) is 2.18. The van der Waals surface area contributed by atoms with E-state index in [-0.39, 0.29) is 0 Å². The van der Waals surface area contributed by atoms with Gasteiger partial charge in [-0.15, -0.1) is 0 Å². The Hall–Kier alpha value is -1.11. The lowest BCUT2D eigenvalue weighted by Crippen LogP contribution is -1.99. The topological polar surface area (TPSA) is 12.9 Å². The van der Waals surface area contributed by atoms with Gasteiger partial charge in [0.1, 0.15) is 0 Å². The van der Waals surface area contributed by atoms with Gasteiger partial charge >= 0.3 is 0 Å². The van der Waals surface area contributed by atoms with Crippen LogP contribution in [0.25, 0.3) is 0 Å². The molecule has 15 heavy (non-hydrogen) atoms. The lowest BCUT2D eigenvalue weighted by atomic mass is 9.96. The Balaban J connectivity index is 2.78. The minimum atomic E-state index is 0.497. The van der Waals surface area contributed by atoms with Crippen LogP contribution in [0.15, 0.2) is 30.5 Å². The van der Waals surface area contributed by atoms with Crippen molar-refractivity contribution in [1.82, 2.24) is 4.98 Å². The maximum absolute atomic E-state index is 4.36.